The van der Waals surface area contributed by atoms with Crippen LogP contribution in [0, 0.1) is 12.7 Å². The van der Waals surface area contributed by atoms with E-state index in [2.05, 4.69) is 27.0 Å². The number of ether oxygens (including phenoxy) is 3. The van der Waals surface area contributed by atoms with Gasteiger partial charge in [-0.1, -0.05) is 29.8 Å². The van der Waals surface area contributed by atoms with E-state index < -0.39 is 5.97 Å². The summed E-state index contributed by atoms with van der Waals surface area (Å²) in [5.74, 6) is 0.291. The third-order valence-electron chi connectivity index (χ3n) is 4.81. The van der Waals surface area contributed by atoms with Crippen LogP contribution in [0.1, 0.15) is 29.2 Å². The van der Waals surface area contributed by atoms with Crippen molar-refractivity contribution in [3.63, 3.8) is 0 Å². The maximum atomic E-state index is 13.2. The van der Waals surface area contributed by atoms with Crippen molar-refractivity contribution in [3.8, 4) is 11.5 Å². The SMILES string of the molecule is CCOc1cc(C=C2N=C(c3ccc(F)cc3)OC2=O)cc(Br)c1OCc1cccc(C)c1. The summed E-state index contributed by atoms with van der Waals surface area (Å²) in [6, 6.07) is 17.3. The van der Waals surface area contributed by atoms with E-state index in [0.29, 0.717) is 40.3 Å². The second kappa shape index (κ2) is 10.0. The van der Waals surface area contributed by atoms with Crippen molar-refractivity contribution in [1.82, 2.24) is 0 Å². The number of cyclic esters (lactones) is 1. The molecule has 5 nitrogen and oxygen atoms in total. The van der Waals surface area contributed by atoms with E-state index in [-0.39, 0.29) is 17.4 Å². The summed E-state index contributed by atoms with van der Waals surface area (Å²) >= 11 is 3.55. The van der Waals surface area contributed by atoms with Crippen LogP contribution in [0.2, 0.25) is 0 Å². The third-order valence-corrected chi connectivity index (χ3v) is 5.40. The van der Waals surface area contributed by atoms with Gasteiger partial charge in [-0.2, -0.15) is 0 Å². The molecule has 7 heteroatoms. The molecule has 3 aromatic carbocycles. The zero-order chi connectivity index (χ0) is 23.4. The normalized spacial score (nSPS) is 14.2. The molecule has 0 aliphatic carbocycles. The van der Waals surface area contributed by atoms with Gasteiger partial charge in [-0.15, -0.1) is 0 Å². The van der Waals surface area contributed by atoms with Gasteiger partial charge in [-0.05, 0) is 83.4 Å². The van der Waals surface area contributed by atoms with Crippen molar-refractivity contribution in [3.05, 3.63) is 98.9 Å². The Hall–Kier alpha value is -3.45. The summed E-state index contributed by atoms with van der Waals surface area (Å²) < 4.78 is 30.9. The highest BCUT2D eigenvalue weighted by Crippen LogP contribution is 2.38. The Morgan fingerprint density at radius 3 is 2.61 bits per heavy atom. The van der Waals surface area contributed by atoms with Gasteiger partial charge in [-0.3, -0.25) is 0 Å². The standard InChI is InChI=1S/C26H21BrFNO4/c1-3-31-23-14-18(12-21(27)24(23)32-15-17-6-4-5-16(2)11-17)13-22-26(30)33-25(29-22)19-7-9-20(28)10-8-19/h4-14H,3,15H2,1-2H3. The molecule has 0 spiro atoms. The molecule has 3 aromatic rings. The minimum Gasteiger partial charge on any atom is -0.490 e. The van der Waals surface area contributed by atoms with Crippen LogP contribution in [0.15, 0.2) is 75.8 Å². The van der Waals surface area contributed by atoms with Crippen LogP contribution < -0.4 is 9.47 Å². The quantitative estimate of drug-likeness (QED) is 0.280. The Kier molecular flexibility index (Phi) is 6.89. The fraction of sp³-hybridized carbons (Fsp3) is 0.154. The van der Waals surface area contributed by atoms with E-state index in [1.54, 1.807) is 12.1 Å². The summed E-state index contributed by atoms with van der Waals surface area (Å²) in [6.45, 7) is 4.75. The lowest BCUT2D eigenvalue weighted by molar-refractivity contribution is -0.129. The molecule has 0 saturated heterocycles. The molecule has 0 bridgehead atoms. The molecular weight excluding hydrogens is 489 g/mol. The third kappa shape index (κ3) is 5.49. The predicted molar refractivity (Wildman–Crippen MR) is 128 cm³/mol. The molecule has 0 unspecified atom stereocenters. The van der Waals surface area contributed by atoms with Crippen molar-refractivity contribution < 1.29 is 23.4 Å². The molecule has 33 heavy (non-hydrogen) atoms. The lowest BCUT2D eigenvalue weighted by atomic mass is 10.1. The van der Waals surface area contributed by atoms with Crippen molar-refractivity contribution in [1.29, 1.82) is 0 Å². The van der Waals surface area contributed by atoms with E-state index in [1.807, 2.05) is 38.1 Å². The van der Waals surface area contributed by atoms with Crippen molar-refractivity contribution >= 4 is 33.9 Å². The van der Waals surface area contributed by atoms with Gasteiger partial charge in [0.2, 0.25) is 5.90 Å². The number of hydrogen-bond acceptors (Lipinski definition) is 5. The largest absolute Gasteiger partial charge is 0.490 e. The van der Waals surface area contributed by atoms with Crippen LogP contribution >= 0.6 is 15.9 Å². The molecule has 0 N–H and O–H groups in total. The Bertz CT molecular complexity index is 1250. The summed E-state index contributed by atoms with van der Waals surface area (Å²) in [4.78, 5) is 16.6. The van der Waals surface area contributed by atoms with Gasteiger partial charge in [0.15, 0.2) is 17.2 Å². The van der Waals surface area contributed by atoms with Crippen LogP contribution in [-0.2, 0) is 16.1 Å². The monoisotopic (exact) mass is 509 g/mol. The zero-order valence-corrected chi connectivity index (χ0v) is 19.7. The number of nitrogens with zero attached hydrogens (tertiary/aromatic N) is 1. The molecule has 0 aromatic heterocycles. The first-order valence-corrected chi connectivity index (χ1v) is 11.2. The van der Waals surface area contributed by atoms with Crippen molar-refractivity contribution in [2.75, 3.05) is 6.61 Å². The number of esters is 1. The molecule has 168 valence electrons. The summed E-state index contributed by atoms with van der Waals surface area (Å²) in [5.41, 5.74) is 3.55. The summed E-state index contributed by atoms with van der Waals surface area (Å²) in [6.07, 6.45) is 1.61. The highest BCUT2D eigenvalue weighted by molar-refractivity contribution is 9.10. The first kappa shape index (κ1) is 22.7. The predicted octanol–water partition coefficient (Wildman–Crippen LogP) is 6.22. The van der Waals surface area contributed by atoms with Crippen molar-refractivity contribution in [2.24, 2.45) is 4.99 Å². The number of hydrogen-bond donors (Lipinski definition) is 0. The van der Waals surface area contributed by atoms with Gasteiger partial charge in [0.25, 0.3) is 0 Å². The zero-order valence-electron chi connectivity index (χ0n) is 18.1. The number of halogens is 2. The molecule has 1 heterocycles. The molecule has 1 aliphatic heterocycles. The summed E-state index contributed by atoms with van der Waals surface area (Å²) in [5, 5.41) is 0. The topological polar surface area (TPSA) is 57.1 Å². The number of benzene rings is 3. The molecule has 0 radical (unpaired) electrons. The van der Waals surface area contributed by atoms with E-state index in [0.717, 1.165) is 11.1 Å². The van der Waals surface area contributed by atoms with Crippen LogP contribution in [-0.4, -0.2) is 18.5 Å². The van der Waals surface area contributed by atoms with E-state index in [9.17, 15) is 9.18 Å². The minimum atomic E-state index is -0.580. The Labute approximate surface area is 199 Å². The molecular formula is C26H21BrFNO4. The Morgan fingerprint density at radius 2 is 1.88 bits per heavy atom. The van der Waals surface area contributed by atoms with Crippen molar-refractivity contribution in [2.45, 2.75) is 20.5 Å². The number of rotatable bonds is 7. The van der Waals surface area contributed by atoms with Crippen LogP contribution in [0.5, 0.6) is 11.5 Å². The molecule has 0 fully saturated rings. The van der Waals surface area contributed by atoms with Gasteiger partial charge in [0, 0.05) is 5.56 Å². The lowest BCUT2D eigenvalue weighted by Gasteiger charge is -2.15. The smallest absolute Gasteiger partial charge is 0.363 e. The fourth-order valence-corrected chi connectivity index (χ4v) is 3.89. The van der Waals surface area contributed by atoms with Gasteiger partial charge in [0.1, 0.15) is 12.4 Å². The van der Waals surface area contributed by atoms with Crippen LogP contribution in [0.4, 0.5) is 4.39 Å². The molecule has 4 rings (SSSR count). The van der Waals surface area contributed by atoms with Gasteiger partial charge in [-0.25, -0.2) is 14.2 Å². The fourth-order valence-electron chi connectivity index (χ4n) is 3.31. The number of aliphatic imine (C=N–C) groups is 1. The van der Waals surface area contributed by atoms with E-state index in [1.165, 1.54) is 24.3 Å². The number of carbonyl (C=O) groups excluding carboxylic acids is 1. The van der Waals surface area contributed by atoms with Crippen LogP contribution in [0.25, 0.3) is 6.08 Å². The Morgan fingerprint density at radius 1 is 1.09 bits per heavy atom. The highest BCUT2D eigenvalue weighted by Gasteiger charge is 2.24. The van der Waals surface area contributed by atoms with Crippen LogP contribution in [0.3, 0.4) is 0 Å². The first-order valence-electron chi connectivity index (χ1n) is 10.4. The summed E-state index contributed by atoms with van der Waals surface area (Å²) in [7, 11) is 0. The van der Waals surface area contributed by atoms with E-state index in [4.69, 9.17) is 14.2 Å². The second-order valence-electron chi connectivity index (χ2n) is 7.38. The van der Waals surface area contributed by atoms with E-state index >= 15 is 0 Å². The highest BCUT2D eigenvalue weighted by atomic mass is 79.9. The maximum absolute atomic E-state index is 13.2. The number of carbonyl (C=O) groups is 1. The number of aryl methyl sites for hydroxylation is 1. The molecule has 0 amide bonds. The Balaban J connectivity index is 1.61. The van der Waals surface area contributed by atoms with Gasteiger partial charge >= 0.3 is 5.97 Å². The first-order chi connectivity index (χ1) is 15.9. The molecule has 0 atom stereocenters. The molecule has 0 saturated carbocycles. The maximum Gasteiger partial charge on any atom is 0.363 e. The second-order valence-corrected chi connectivity index (χ2v) is 8.24. The average Bonchev–Trinajstić information content (AvgIpc) is 3.14. The van der Waals surface area contributed by atoms with Gasteiger partial charge < -0.3 is 14.2 Å². The molecule has 1 aliphatic rings. The van der Waals surface area contributed by atoms with Gasteiger partial charge in [0.05, 0.1) is 11.1 Å². The average molecular weight is 510 g/mol. The lowest BCUT2D eigenvalue weighted by Crippen LogP contribution is -2.05. The minimum absolute atomic E-state index is 0.133.